The first-order valence-electron chi connectivity index (χ1n) is 11.2. The topological polar surface area (TPSA) is 84.0 Å². The van der Waals surface area contributed by atoms with Crippen LogP contribution in [-0.4, -0.2) is 44.4 Å². The first kappa shape index (κ1) is 26.0. The van der Waals surface area contributed by atoms with Crippen molar-refractivity contribution < 1.29 is 22.7 Å². The number of hydrogen-bond donors (Lipinski definition) is 0. The summed E-state index contributed by atoms with van der Waals surface area (Å²) in [4.78, 5) is 27.1. The smallest absolute Gasteiger partial charge is 0.338 e. The summed E-state index contributed by atoms with van der Waals surface area (Å²) in [7, 11) is -2.33. The number of ether oxygens (including phenoxy) is 1. The van der Waals surface area contributed by atoms with E-state index in [1.807, 2.05) is 51.1 Å². The van der Waals surface area contributed by atoms with E-state index in [1.165, 1.54) is 35.6 Å². The molecule has 0 heterocycles. The fourth-order valence-corrected chi connectivity index (χ4v) is 4.65. The van der Waals surface area contributed by atoms with Crippen molar-refractivity contribution in [3.05, 3.63) is 96.1 Å². The Hall–Kier alpha value is -3.65. The number of para-hydroxylation sites is 1. The van der Waals surface area contributed by atoms with Crippen LogP contribution in [0.25, 0.3) is 0 Å². The quantitative estimate of drug-likeness (QED) is 0.431. The van der Waals surface area contributed by atoms with Crippen molar-refractivity contribution in [1.29, 1.82) is 0 Å². The van der Waals surface area contributed by atoms with Gasteiger partial charge in [0.25, 0.3) is 15.9 Å². The van der Waals surface area contributed by atoms with Crippen molar-refractivity contribution in [3.63, 3.8) is 0 Å². The van der Waals surface area contributed by atoms with E-state index in [1.54, 1.807) is 35.2 Å². The van der Waals surface area contributed by atoms with Gasteiger partial charge in [0.05, 0.1) is 16.1 Å². The summed E-state index contributed by atoms with van der Waals surface area (Å²) >= 11 is 0. The number of amides is 1. The number of carbonyl (C=O) groups excluding carboxylic acids is 2. The Kier molecular flexibility index (Phi) is 7.96. The minimum atomic E-state index is -3.80. The monoisotopic (exact) mass is 494 g/mol. The van der Waals surface area contributed by atoms with E-state index in [9.17, 15) is 18.0 Å². The maximum atomic E-state index is 12.9. The number of sulfonamides is 1. The summed E-state index contributed by atoms with van der Waals surface area (Å²) in [5.41, 5.74) is 1.18. The van der Waals surface area contributed by atoms with Crippen LogP contribution in [0.15, 0.2) is 89.8 Å². The molecule has 0 fully saturated rings. The minimum Gasteiger partial charge on any atom is -0.452 e. The van der Waals surface area contributed by atoms with Crippen molar-refractivity contribution in [2.24, 2.45) is 0 Å². The van der Waals surface area contributed by atoms with Gasteiger partial charge in [0.15, 0.2) is 6.61 Å². The molecule has 0 saturated heterocycles. The zero-order valence-corrected chi connectivity index (χ0v) is 21.2. The molecule has 184 valence electrons. The van der Waals surface area contributed by atoms with Gasteiger partial charge >= 0.3 is 5.97 Å². The Labute approximate surface area is 207 Å². The lowest BCUT2D eigenvalue weighted by atomic mass is 10.0. The molecule has 0 spiro atoms. The Morgan fingerprint density at radius 3 is 1.91 bits per heavy atom. The number of benzene rings is 3. The molecular weight excluding hydrogens is 464 g/mol. The lowest BCUT2D eigenvalue weighted by Crippen LogP contribution is -2.46. The van der Waals surface area contributed by atoms with Gasteiger partial charge < -0.3 is 9.64 Å². The van der Waals surface area contributed by atoms with Gasteiger partial charge in [-0.15, -0.1) is 0 Å². The summed E-state index contributed by atoms with van der Waals surface area (Å²) < 4.78 is 32.2. The molecule has 0 aliphatic rings. The van der Waals surface area contributed by atoms with Crippen molar-refractivity contribution in [2.45, 2.75) is 37.8 Å². The highest BCUT2D eigenvalue weighted by atomic mass is 32.2. The van der Waals surface area contributed by atoms with Crippen LogP contribution in [0, 0.1) is 0 Å². The molecule has 0 saturated carbocycles. The van der Waals surface area contributed by atoms with Gasteiger partial charge in [-0.25, -0.2) is 13.2 Å². The third kappa shape index (κ3) is 6.48. The highest BCUT2D eigenvalue weighted by Gasteiger charge is 2.28. The van der Waals surface area contributed by atoms with Crippen LogP contribution in [-0.2, 0) is 26.1 Å². The number of esters is 1. The average Bonchev–Trinajstić information content (AvgIpc) is 2.85. The van der Waals surface area contributed by atoms with Gasteiger partial charge in [0.1, 0.15) is 0 Å². The first-order valence-corrected chi connectivity index (χ1v) is 12.6. The maximum absolute atomic E-state index is 12.9. The van der Waals surface area contributed by atoms with Gasteiger partial charge in [-0.2, -0.15) is 0 Å². The first-order chi connectivity index (χ1) is 16.5. The van der Waals surface area contributed by atoms with Crippen molar-refractivity contribution in [1.82, 2.24) is 4.90 Å². The number of nitrogens with zero attached hydrogens (tertiary/aromatic N) is 2. The molecule has 0 aliphatic carbocycles. The molecule has 0 aromatic heterocycles. The Morgan fingerprint density at radius 2 is 1.37 bits per heavy atom. The van der Waals surface area contributed by atoms with Crippen LogP contribution in [0.4, 0.5) is 5.69 Å². The minimum absolute atomic E-state index is 0.0400. The largest absolute Gasteiger partial charge is 0.452 e. The summed E-state index contributed by atoms with van der Waals surface area (Å²) in [6, 6.07) is 23.7. The molecule has 35 heavy (non-hydrogen) atoms. The number of hydrogen-bond acceptors (Lipinski definition) is 5. The van der Waals surface area contributed by atoms with Crippen LogP contribution in [0.3, 0.4) is 0 Å². The SMILES string of the molecule is CN(c1ccccc1)S(=O)(=O)c1ccc(C(=O)OCC(=O)N(Cc2ccccc2)C(C)(C)C)cc1. The molecule has 0 unspecified atom stereocenters. The van der Waals surface area contributed by atoms with Crippen LogP contribution >= 0.6 is 0 Å². The van der Waals surface area contributed by atoms with Crippen LogP contribution < -0.4 is 4.31 Å². The number of anilines is 1. The Bertz CT molecular complexity index is 1250. The zero-order chi connectivity index (χ0) is 25.6. The lowest BCUT2D eigenvalue weighted by molar-refractivity contribution is -0.140. The van der Waals surface area contributed by atoms with E-state index in [4.69, 9.17) is 4.74 Å². The molecule has 3 aromatic rings. The molecule has 0 aliphatic heterocycles. The molecule has 3 rings (SSSR count). The third-order valence-electron chi connectivity index (χ3n) is 5.49. The fraction of sp³-hybridized carbons (Fsp3) is 0.259. The van der Waals surface area contributed by atoms with Gasteiger partial charge in [0, 0.05) is 19.1 Å². The maximum Gasteiger partial charge on any atom is 0.338 e. The fourth-order valence-electron chi connectivity index (χ4n) is 3.45. The molecular formula is C27H30N2O5S. The van der Waals surface area contributed by atoms with Crippen molar-refractivity contribution in [2.75, 3.05) is 18.0 Å². The summed E-state index contributed by atoms with van der Waals surface area (Å²) in [5.74, 6) is -1.02. The molecule has 3 aromatic carbocycles. The van der Waals surface area contributed by atoms with E-state index >= 15 is 0 Å². The van der Waals surface area contributed by atoms with E-state index in [0.717, 1.165) is 5.56 Å². The molecule has 0 radical (unpaired) electrons. The predicted octanol–water partition coefficient (Wildman–Crippen LogP) is 4.50. The standard InChI is InChI=1S/C27H30N2O5S/c1-27(2,3)29(19-21-11-7-5-8-12-21)25(30)20-34-26(31)22-15-17-24(18-16-22)35(32,33)28(4)23-13-9-6-10-14-23/h5-18H,19-20H2,1-4H3. The molecule has 0 bridgehead atoms. The molecule has 0 atom stereocenters. The molecule has 0 N–H and O–H groups in total. The predicted molar refractivity (Wildman–Crippen MR) is 136 cm³/mol. The van der Waals surface area contributed by atoms with Gasteiger partial charge in [0.2, 0.25) is 0 Å². The zero-order valence-electron chi connectivity index (χ0n) is 20.3. The van der Waals surface area contributed by atoms with Gasteiger partial charge in [-0.3, -0.25) is 9.10 Å². The van der Waals surface area contributed by atoms with Crippen LogP contribution in [0.1, 0.15) is 36.7 Å². The van der Waals surface area contributed by atoms with Crippen molar-refractivity contribution in [3.8, 4) is 0 Å². The molecule has 8 heteroatoms. The summed E-state index contributed by atoms with van der Waals surface area (Å²) in [6.45, 7) is 5.73. The van der Waals surface area contributed by atoms with Crippen LogP contribution in [0.5, 0.6) is 0 Å². The Balaban J connectivity index is 1.66. The van der Waals surface area contributed by atoms with Crippen LogP contribution in [0.2, 0.25) is 0 Å². The van der Waals surface area contributed by atoms with Crippen molar-refractivity contribution >= 4 is 27.6 Å². The second-order valence-electron chi connectivity index (χ2n) is 9.04. The van der Waals surface area contributed by atoms with E-state index in [-0.39, 0.29) is 16.4 Å². The Morgan fingerprint density at radius 1 is 0.829 bits per heavy atom. The normalized spacial score (nSPS) is 11.5. The third-order valence-corrected chi connectivity index (χ3v) is 7.29. The van der Waals surface area contributed by atoms with Gasteiger partial charge in [-0.1, -0.05) is 48.5 Å². The number of rotatable bonds is 8. The molecule has 1 amide bonds. The summed E-state index contributed by atoms with van der Waals surface area (Å²) in [6.07, 6.45) is 0. The summed E-state index contributed by atoms with van der Waals surface area (Å²) in [5, 5.41) is 0. The average molecular weight is 495 g/mol. The van der Waals surface area contributed by atoms with E-state index < -0.39 is 28.1 Å². The molecule has 7 nitrogen and oxygen atoms in total. The van der Waals surface area contributed by atoms with E-state index in [2.05, 4.69) is 0 Å². The number of carbonyl (C=O) groups is 2. The highest BCUT2D eigenvalue weighted by Crippen LogP contribution is 2.22. The van der Waals surface area contributed by atoms with E-state index in [0.29, 0.717) is 12.2 Å². The highest BCUT2D eigenvalue weighted by molar-refractivity contribution is 7.92. The second kappa shape index (κ2) is 10.7. The second-order valence-corrected chi connectivity index (χ2v) is 11.0. The van der Waals surface area contributed by atoms with Gasteiger partial charge in [-0.05, 0) is 62.7 Å². The lowest BCUT2D eigenvalue weighted by Gasteiger charge is -2.35.